The van der Waals surface area contributed by atoms with Gasteiger partial charge in [0, 0.05) is 23.8 Å². The zero-order valence-corrected chi connectivity index (χ0v) is 12.4. The minimum atomic E-state index is -0.597. The molecule has 0 aliphatic carbocycles. The van der Waals surface area contributed by atoms with E-state index in [2.05, 4.69) is 17.1 Å². The fourth-order valence-electron chi connectivity index (χ4n) is 3.26. The molecular weight excluding hydrogens is 274 g/mol. The molecule has 1 saturated heterocycles. The number of anilines is 2. The molecule has 0 saturated carbocycles. The first kappa shape index (κ1) is 13.7. The van der Waals surface area contributed by atoms with E-state index in [0.717, 1.165) is 29.9 Å². The lowest BCUT2D eigenvalue weighted by molar-refractivity contribution is -0.116. The maximum Gasteiger partial charge on any atom is 0.245 e. The highest BCUT2D eigenvalue weighted by atomic mass is 35.5. The van der Waals surface area contributed by atoms with Crippen molar-refractivity contribution in [3.8, 4) is 0 Å². The minimum Gasteiger partial charge on any atom is -0.367 e. The van der Waals surface area contributed by atoms with E-state index in [-0.39, 0.29) is 5.91 Å². The first-order valence-electron chi connectivity index (χ1n) is 7.28. The molecule has 2 unspecified atom stereocenters. The van der Waals surface area contributed by atoms with Crippen molar-refractivity contribution in [1.29, 1.82) is 0 Å². The van der Waals surface area contributed by atoms with Crippen molar-refractivity contribution in [3.63, 3.8) is 0 Å². The van der Waals surface area contributed by atoms with E-state index in [4.69, 9.17) is 17.3 Å². The van der Waals surface area contributed by atoms with Crippen molar-refractivity contribution >= 4 is 28.9 Å². The van der Waals surface area contributed by atoms with Crippen molar-refractivity contribution in [2.45, 2.75) is 44.7 Å². The van der Waals surface area contributed by atoms with Crippen LogP contribution in [-0.2, 0) is 4.79 Å². The van der Waals surface area contributed by atoms with Gasteiger partial charge in [-0.15, -0.1) is 0 Å². The quantitative estimate of drug-likeness (QED) is 0.881. The third kappa shape index (κ3) is 2.17. The predicted octanol–water partition coefficient (Wildman–Crippen LogP) is 3.06. The largest absolute Gasteiger partial charge is 0.367 e. The molecule has 20 heavy (non-hydrogen) atoms. The van der Waals surface area contributed by atoms with Crippen molar-refractivity contribution in [1.82, 2.24) is 0 Å². The Labute approximate surface area is 124 Å². The van der Waals surface area contributed by atoms with E-state index in [9.17, 15) is 4.79 Å². The number of hydrogen-bond donors (Lipinski definition) is 2. The van der Waals surface area contributed by atoms with E-state index >= 15 is 0 Å². The van der Waals surface area contributed by atoms with Crippen molar-refractivity contribution in [2.75, 3.05) is 16.8 Å². The molecule has 5 heteroatoms. The highest BCUT2D eigenvalue weighted by molar-refractivity contribution is 6.33. The third-order valence-electron chi connectivity index (χ3n) is 4.40. The summed E-state index contributed by atoms with van der Waals surface area (Å²) in [5, 5.41) is 3.53. The van der Waals surface area contributed by atoms with E-state index in [1.807, 2.05) is 12.1 Å². The summed E-state index contributed by atoms with van der Waals surface area (Å²) in [6, 6.07) is 3.76. The van der Waals surface area contributed by atoms with Crippen LogP contribution in [0.1, 0.15) is 44.2 Å². The number of nitrogens with zero attached hydrogens (tertiary/aromatic N) is 1. The van der Waals surface area contributed by atoms with Crippen molar-refractivity contribution in [3.05, 3.63) is 22.7 Å². The number of piperidine rings is 1. The molecule has 3 rings (SSSR count). The second-order valence-corrected chi connectivity index (χ2v) is 6.02. The molecule has 0 aromatic heterocycles. The summed E-state index contributed by atoms with van der Waals surface area (Å²) in [5.41, 5.74) is 8.48. The lowest BCUT2D eigenvalue weighted by atomic mass is 9.98. The summed E-state index contributed by atoms with van der Waals surface area (Å²) in [6.45, 7) is 3.24. The van der Waals surface area contributed by atoms with Crippen LogP contribution in [0.4, 0.5) is 11.4 Å². The average Bonchev–Trinajstić information content (AvgIpc) is 2.73. The number of hydrogen-bond acceptors (Lipinski definition) is 3. The zero-order valence-electron chi connectivity index (χ0n) is 11.7. The first-order chi connectivity index (χ1) is 9.61. The molecule has 1 aromatic carbocycles. The molecule has 1 aromatic rings. The van der Waals surface area contributed by atoms with Crippen LogP contribution in [-0.4, -0.2) is 18.5 Å². The zero-order chi connectivity index (χ0) is 14.3. The van der Waals surface area contributed by atoms with Gasteiger partial charge >= 0.3 is 0 Å². The molecule has 2 heterocycles. The Hall–Kier alpha value is -1.26. The number of rotatable bonds is 2. The van der Waals surface area contributed by atoms with Gasteiger partial charge in [0.25, 0.3) is 0 Å². The molecule has 0 spiro atoms. The molecule has 3 N–H and O–H groups in total. The Morgan fingerprint density at radius 2 is 2.25 bits per heavy atom. The Morgan fingerprint density at radius 3 is 3.00 bits per heavy atom. The van der Waals surface area contributed by atoms with Gasteiger partial charge in [0.05, 0.1) is 10.7 Å². The molecule has 4 nitrogen and oxygen atoms in total. The summed E-state index contributed by atoms with van der Waals surface area (Å²) >= 11 is 6.44. The average molecular weight is 294 g/mol. The van der Waals surface area contributed by atoms with Crippen molar-refractivity contribution in [2.24, 2.45) is 5.73 Å². The van der Waals surface area contributed by atoms with Gasteiger partial charge in [-0.25, -0.2) is 0 Å². The predicted molar refractivity (Wildman–Crippen MR) is 82.3 cm³/mol. The Balaban J connectivity index is 1.99. The third-order valence-corrected chi connectivity index (χ3v) is 4.70. The molecule has 108 valence electrons. The minimum absolute atomic E-state index is 0.154. The normalized spacial score (nSPS) is 25.6. The molecule has 2 aliphatic heterocycles. The summed E-state index contributed by atoms with van der Waals surface area (Å²) in [6.07, 6.45) is 4.78. The van der Waals surface area contributed by atoms with E-state index in [1.54, 1.807) is 0 Å². The number of fused-ring (bicyclic) bond motifs is 1. The van der Waals surface area contributed by atoms with E-state index < -0.39 is 6.04 Å². The van der Waals surface area contributed by atoms with Gasteiger partial charge in [0.2, 0.25) is 5.91 Å². The molecule has 2 atom stereocenters. The maximum atomic E-state index is 11.7. The SMILES string of the molecule is CCC1CCCCN1c1cc2c(cc1Cl)C(N)C(=O)N2. The number of nitrogens with two attached hydrogens (primary N) is 1. The molecule has 0 bridgehead atoms. The van der Waals surface area contributed by atoms with Gasteiger partial charge < -0.3 is 16.0 Å². The van der Waals surface area contributed by atoms with E-state index in [1.165, 1.54) is 19.3 Å². The second kappa shape index (κ2) is 5.26. The Morgan fingerprint density at radius 1 is 1.45 bits per heavy atom. The Bertz CT molecular complexity index is 546. The summed E-state index contributed by atoms with van der Waals surface area (Å²) in [7, 11) is 0. The highest BCUT2D eigenvalue weighted by Crippen LogP contribution is 2.40. The van der Waals surface area contributed by atoms with Crippen LogP contribution >= 0.6 is 11.6 Å². The fraction of sp³-hybridized carbons (Fsp3) is 0.533. The maximum absolute atomic E-state index is 11.7. The van der Waals surface area contributed by atoms with Crippen molar-refractivity contribution < 1.29 is 4.79 Å². The van der Waals surface area contributed by atoms with Gasteiger partial charge in [0.15, 0.2) is 0 Å². The van der Waals surface area contributed by atoms with Crippen LogP contribution in [0.25, 0.3) is 0 Å². The number of benzene rings is 1. The van der Waals surface area contributed by atoms with Gasteiger partial charge in [0.1, 0.15) is 6.04 Å². The van der Waals surface area contributed by atoms with Gasteiger partial charge in [-0.05, 0) is 37.8 Å². The lowest BCUT2D eigenvalue weighted by Crippen LogP contribution is -2.39. The smallest absolute Gasteiger partial charge is 0.245 e. The van der Waals surface area contributed by atoms with Crippen LogP contribution in [0.15, 0.2) is 12.1 Å². The van der Waals surface area contributed by atoms with E-state index in [0.29, 0.717) is 11.1 Å². The van der Waals surface area contributed by atoms with Crippen LogP contribution < -0.4 is 16.0 Å². The first-order valence-corrected chi connectivity index (χ1v) is 7.66. The summed E-state index contributed by atoms with van der Waals surface area (Å²) < 4.78 is 0. The molecule has 0 radical (unpaired) electrons. The van der Waals surface area contributed by atoms with Crippen LogP contribution in [0.5, 0.6) is 0 Å². The topological polar surface area (TPSA) is 58.4 Å². The number of halogens is 1. The van der Waals surface area contributed by atoms with Crippen LogP contribution in [0, 0.1) is 0 Å². The molecule has 1 amide bonds. The standard InChI is InChI=1S/C15H20ClN3O/c1-2-9-5-3-4-6-19(9)13-8-12-10(7-11(13)16)14(17)15(20)18-12/h7-9,14H,2-6,17H2,1H3,(H,18,20). The summed E-state index contributed by atoms with van der Waals surface area (Å²) in [5.74, 6) is -0.154. The number of amides is 1. The molecule has 2 aliphatic rings. The van der Waals surface area contributed by atoms with Crippen LogP contribution in [0.3, 0.4) is 0 Å². The van der Waals surface area contributed by atoms with Gasteiger partial charge in [-0.1, -0.05) is 18.5 Å². The monoisotopic (exact) mass is 293 g/mol. The fourth-order valence-corrected chi connectivity index (χ4v) is 3.54. The second-order valence-electron chi connectivity index (χ2n) is 5.61. The molecular formula is C15H20ClN3O. The number of carbonyl (C=O) groups is 1. The van der Waals surface area contributed by atoms with Gasteiger partial charge in [-0.3, -0.25) is 4.79 Å². The number of carbonyl (C=O) groups excluding carboxylic acids is 1. The van der Waals surface area contributed by atoms with Crippen LogP contribution in [0.2, 0.25) is 5.02 Å². The Kier molecular flexibility index (Phi) is 3.61. The highest BCUT2D eigenvalue weighted by Gasteiger charge is 2.30. The van der Waals surface area contributed by atoms with Gasteiger partial charge in [-0.2, -0.15) is 0 Å². The number of nitrogens with one attached hydrogen (secondary N) is 1. The summed E-state index contributed by atoms with van der Waals surface area (Å²) in [4.78, 5) is 14.0. The lowest BCUT2D eigenvalue weighted by Gasteiger charge is -2.38. The molecule has 1 fully saturated rings.